The van der Waals surface area contributed by atoms with Gasteiger partial charge in [0.2, 0.25) is 5.91 Å². The van der Waals surface area contributed by atoms with Crippen molar-refractivity contribution in [3.63, 3.8) is 0 Å². The van der Waals surface area contributed by atoms with Gasteiger partial charge in [-0.25, -0.2) is 8.42 Å². The normalized spacial score (nSPS) is 15.8. The smallest absolute Gasteiger partial charge is 0.240 e. The third kappa shape index (κ3) is 3.58. The minimum atomic E-state index is -3.08. The van der Waals surface area contributed by atoms with E-state index in [0.717, 1.165) is 11.3 Å². The number of anilines is 1. The standard InChI is InChI=1S/C14H20N2O3S/c1-2-8-20(18,19)9-7-16-13-6-4-3-5-12(13)10-15-11-14(16)17/h3-6,15H,2,7-11H2,1H3. The van der Waals surface area contributed by atoms with E-state index in [2.05, 4.69) is 5.32 Å². The molecule has 0 atom stereocenters. The number of hydrogen-bond acceptors (Lipinski definition) is 4. The Bertz CT molecular complexity index is 584. The van der Waals surface area contributed by atoms with Gasteiger partial charge in [-0.05, 0) is 18.1 Å². The zero-order valence-electron chi connectivity index (χ0n) is 11.6. The molecular formula is C14H20N2O3S. The maximum Gasteiger partial charge on any atom is 0.240 e. The molecule has 2 rings (SSSR count). The van der Waals surface area contributed by atoms with Crippen LogP contribution in [-0.4, -0.2) is 38.9 Å². The molecule has 1 aromatic rings. The lowest BCUT2D eigenvalue weighted by molar-refractivity contribution is -0.117. The molecule has 0 bridgehead atoms. The summed E-state index contributed by atoms with van der Waals surface area (Å²) in [5, 5.41) is 3.06. The van der Waals surface area contributed by atoms with Gasteiger partial charge in [0.1, 0.15) is 0 Å². The molecule has 1 aliphatic heterocycles. The lowest BCUT2D eigenvalue weighted by Gasteiger charge is -2.22. The Labute approximate surface area is 119 Å². The highest BCUT2D eigenvalue weighted by Gasteiger charge is 2.23. The van der Waals surface area contributed by atoms with E-state index in [9.17, 15) is 13.2 Å². The van der Waals surface area contributed by atoms with Crippen molar-refractivity contribution < 1.29 is 13.2 Å². The Morgan fingerprint density at radius 1 is 1.20 bits per heavy atom. The number of nitrogens with zero attached hydrogens (tertiary/aromatic N) is 1. The molecule has 6 heteroatoms. The summed E-state index contributed by atoms with van der Waals surface area (Å²) in [6.07, 6.45) is 0.606. The van der Waals surface area contributed by atoms with E-state index < -0.39 is 9.84 Å². The molecule has 1 heterocycles. The van der Waals surface area contributed by atoms with Crippen LogP contribution in [0.3, 0.4) is 0 Å². The summed E-state index contributed by atoms with van der Waals surface area (Å²) in [5.41, 5.74) is 1.83. The van der Waals surface area contributed by atoms with E-state index >= 15 is 0 Å². The van der Waals surface area contributed by atoms with Crippen LogP contribution >= 0.6 is 0 Å². The van der Waals surface area contributed by atoms with Crippen LogP contribution in [-0.2, 0) is 21.2 Å². The average molecular weight is 296 g/mol. The van der Waals surface area contributed by atoms with Crippen molar-refractivity contribution in [1.29, 1.82) is 0 Å². The average Bonchev–Trinajstić information content (AvgIpc) is 2.55. The molecule has 1 aliphatic rings. The quantitative estimate of drug-likeness (QED) is 0.878. The summed E-state index contributed by atoms with van der Waals surface area (Å²) in [4.78, 5) is 13.7. The summed E-state index contributed by atoms with van der Waals surface area (Å²) >= 11 is 0. The van der Waals surface area contributed by atoms with Crippen molar-refractivity contribution in [2.75, 3.05) is 29.5 Å². The van der Waals surface area contributed by atoms with Crippen LogP contribution in [0.4, 0.5) is 5.69 Å². The number of para-hydroxylation sites is 1. The summed E-state index contributed by atoms with van der Waals surface area (Å²) in [5.74, 6) is 0.109. The van der Waals surface area contributed by atoms with Gasteiger partial charge >= 0.3 is 0 Å². The summed E-state index contributed by atoms with van der Waals surface area (Å²) < 4.78 is 23.6. The number of carbonyl (C=O) groups excluding carboxylic acids is 1. The van der Waals surface area contributed by atoms with Crippen molar-refractivity contribution in [1.82, 2.24) is 5.32 Å². The van der Waals surface area contributed by atoms with E-state index in [4.69, 9.17) is 0 Å². The minimum absolute atomic E-state index is 0.0148. The number of fused-ring (bicyclic) bond motifs is 1. The largest absolute Gasteiger partial charge is 0.310 e. The second-order valence-corrected chi connectivity index (χ2v) is 7.23. The number of benzene rings is 1. The van der Waals surface area contributed by atoms with E-state index in [1.165, 1.54) is 0 Å². The number of nitrogens with one attached hydrogen (secondary N) is 1. The van der Waals surface area contributed by atoms with Gasteiger partial charge in [-0.3, -0.25) is 4.79 Å². The van der Waals surface area contributed by atoms with E-state index in [-0.39, 0.29) is 30.5 Å². The molecule has 0 saturated carbocycles. The molecule has 0 saturated heterocycles. The van der Waals surface area contributed by atoms with Gasteiger partial charge in [0.05, 0.1) is 12.3 Å². The molecule has 1 amide bonds. The molecule has 0 fully saturated rings. The molecular weight excluding hydrogens is 276 g/mol. The highest BCUT2D eigenvalue weighted by Crippen LogP contribution is 2.22. The predicted octanol–water partition coefficient (Wildman–Crippen LogP) is 0.948. The molecule has 20 heavy (non-hydrogen) atoms. The molecule has 5 nitrogen and oxygen atoms in total. The number of carbonyl (C=O) groups is 1. The van der Waals surface area contributed by atoms with Gasteiger partial charge in [-0.15, -0.1) is 0 Å². The number of sulfone groups is 1. The molecule has 0 radical (unpaired) electrons. The van der Waals surface area contributed by atoms with Crippen LogP contribution in [0, 0.1) is 0 Å². The second-order valence-electron chi connectivity index (χ2n) is 4.93. The summed E-state index contributed by atoms with van der Waals surface area (Å²) in [7, 11) is -3.08. The van der Waals surface area contributed by atoms with E-state index in [1.54, 1.807) is 4.90 Å². The fourth-order valence-electron chi connectivity index (χ4n) is 2.35. The third-order valence-electron chi connectivity index (χ3n) is 3.32. The zero-order valence-corrected chi connectivity index (χ0v) is 12.4. The van der Waals surface area contributed by atoms with Gasteiger partial charge in [0.15, 0.2) is 9.84 Å². The van der Waals surface area contributed by atoms with Crippen molar-refractivity contribution >= 4 is 21.4 Å². The molecule has 0 unspecified atom stereocenters. The van der Waals surface area contributed by atoms with Crippen LogP contribution < -0.4 is 10.2 Å². The number of hydrogen-bond donors (Lipinski definition) is 1. The molecule has 110 valence electrons. The molecule has 1 N–H and O–H groups in total. The van der Waals surface area contributed by atoms with Crippen LogP contribution in [0.1, 0.15) is 18.9 Å². The second kappa shape index (κ2) is 6.37. The monoisotopic (exact) mass is 296 g/mol. The van der Waals surface area contributed by atoms with Gasteiger partial charge in [0.25, 0.3) is 0 Å². The molecule has 1 aromatic carbocycles. The Morgan fingerprint density at radius 2 is 1.95 bits per heavy atom. The Balaban J connectivity index is 2.19. The fourth-order valence-corrected chi connectivity index (χ4v) is 3.63. The first-order valence-electron chi connectivity index (χ1n) is 6.83. The first-order chi connectivity index (χ1) is 9.53. The first-order valence-corrected chi connectivity index (χ1v) is 8.65. The highest BCUT2D eigenvalue weighted by atomic mass is 32.2. The van der Waals surface area contributed by atoms with Crippen molar-refractivity contribution in [2.45, 2.75) is 19.9 Å². The van der Waals surface area contributed by atoms with Crippen LogP contribution in [0.25, 0.3) is 0 Å². The van der Waals surface area contributed by atoms with Crippen LogP contribution in [0.5, 0.6) is 0 Å². The third-order valence-corrected chi connectivity index (χ3v) is 5.15. The Kier molecular flexibility index (Phi) is 4.77. The Morgan fingerprint density at radius 3 is 2.70 bits per heavy atom. The van der Waals surface area contributed by atoms with Gasteiger partial charge in [-0.2, -0.15) is 0 Å². The topological polar surface area (TPSA) is 66.5 Å². The van der Waals surface area contributed by atoms with Gasteiger partial charge in [0, 0.05) is 24.5 Å². The number of amides is 1. The first kappa shape index (κ1) is 15.0. The SMILES string of the molecule is CCCS(=O)(=O)CCN1C(=O)CNCc2ccccc21. The maximum absolute atomic E-state index is 12.1. The zero-order chi connectivity index (χ0) is 14.6. The van der Waals surface area contributed by atoms with Crippen molar-refractivity contribution in [3.8, 4) is 0 Å². The molecule has 0 aliphatic carbocycles. The molecule has 0 spiro atoms. The van der Waals surface area contributed by atoms with Crippen LogP contribution in [0.2, 0.25) is 0 Å². The maximum atomic E-state index is 12.1. The summed E-state index contributed by atoms with van der Waals surface area (Å²) in [6, 6.07) is 7.61. The predicted molar refractivity (Wildman–Crippen MR) is 79.4 cm³/mol. The number of rotatable bonds is 5. The lowest BCUT2D eigenvalue weighted by atomic mass is 10.1. The van der Waals surface area contributed by atoms with Crippen LogP contribution in [0.15, 0.2) is 24.3 Å². The van der Waals surface area contributed by atoms with E-state index in [0.29, 0.717) is 13.0 Å². The minimum Gasteiger partial charge on any atom is -0.310 e. The Hall–Kier alpha value is -1.40. The van der Waals surface area contributed by atoms with Crippen molar-refractivity contribution in [2.24, 2.45) is 0 Å². The van der Waals surface area contributed by atoms with Gasteiger partial charge < -0.3 is 10.2 Å². The molecule has 0 aromatic heterocycles. The van der Waals surface area contributed by atoms with Crippen molar-refractivity contribution in [3.05, 3.63) is 29.8 Å². The summed E-state index contributed by atoms with van der Waals surface area (Å²) in [6.45, 7) is 2.93. The van der Waals surface area contributed by atoms with E-state index in [1.807, 2.05) is 31.2 Å². The highest BCUT2D eigenvalue weighted by molar-refractivity contribution is 7.91. The lowest BCUT2D eigenvalue weighted by Crippen LogP contribution is -2.38. The van der Waals surface area contributed by atoms with Gasteiger partial charge in [-0.1, -0.05) is 25.1 Å². The fraction of sp³-hybridized carbons (Fsp3) is 0.500.